The molecule has 0 radical (unpaired) electrons. The number of fused-ring (bicyclic) bond motifs is 1. The maximum Gasteiger partial charge on any atom is 0.151 e. The molecule has 2 N–H and O–H groups in total. The summed E-state index contributed by atoms with van der Waals surface area (Å²) in [6.07, 6.45) is 0.738. The normalized spacial score (nSPS) is 31.5. The third-order valence-electron chi connectivity index (χ3n) is 3.17. The molecule has 0 aliphatic carbocycles. The van der Waals surface area contributed by atoms with Crippen LogP contribution in [0.2, 0.25) is 0 Å². The van der Waals surface area contributed by atoms with E-state index in [1.807, 2.05) is 0 Å². The van der Waals surface area contributed by atoms with Gasteiger partial charge in [0.2, 0.25) is 0 Å². The molecule has 5 heteroatoms. The molecule has 0 bridgehead atoms. The molecule has 0 spiro atoms. The third kappa shape index (κ3) is 1.96. The number of rotatable bonds is 2. The molecule has 1 aromatic carbocycles. The van der Waals surface area contributed by atoms with E-state index in [-0.39, 0.29) is 24.1 Å². The van der Waals surface area contributed by atoms with Gasteiger partial charge < -0.3 is 19.9 Å². The molecule has 2 aliphatic heterocycles. The zero-order valence-corrected chi connectivity index (χ0v) is 9.27. The quantitative estimate of drug-likeness (QED) is 0.791. The number of hydrogen-bond acceptors (Lipinski definition) is 4. The minimum Gasteiger partial charge on any atom is -0.483 e. The minimum absolute atomic E-state index is 0.0577. The highest BCUT2D eigenvalue weighted by atomic mass is 19.1. The van der Waals surface area contributed by atoms with Gasteiger partial charge in [-0.15, -0.1) is 0 Å². The standard InChI is InChI=1S/C12H14FNO3/c13-7-1-2-8(14)10(5-7)17-11-6-16-9-3-4-15-12(9)11/h1-2,5,9,11-12H,3-4,6,14H2. The lowest BCUT2D eigenvalue weighted by Gasteiger charge is -2.19. The molecule has 0 amide bonds. The van der Waals surface area contributed by atoms with Crippen LogP contribution in [0.25, 0.3) is 0 Å². The van der Waals surface area contributed by atoms with Gasteiger partial charge in [-0.2, -0.15) is 0 Å². The van der Waals surface area contributed by atoms with Crippen LogP contribution in [0.5, 0.6) is 5.75 Å². The fourth-order valence-corrected chi connectivity index (χ4v) is 2.30. The van der Waals surface area contributed by atoms with Crippen molar-refractivity contribution in [3.8, 4) is 5.75 Å². The highest BCUT2D eigenvalue weighted by Gasteiger charge is 2.43. The van der Waals surface area contributed by atoms with E-state index in [1.165, 1.54) is 18.2 Å². The van der Waals surface area contributed by atoms with Crippen molar-refractivity contribution in [1.82, 2.24) is 0 Å². The largest absolute Gasteiger partial charge is 0.483 e. The van der Waals surface area contributed by atoms with Gasteiger partial charge in [-0.1, -0.05) is 0 Å². The van der Waals surface area contributed by atoms with Crippen molar-refractivity contribution in [3.63, 3.8) is 0 Å². The van der Waals surface area contributed by atoms with Gasteiger partial charge in [0, 0.05) is 12.7 Å². The SMILES string of the molecule is Nc1ccc(F)cc1OC1COC2CCOC21. The van der Waals surface area contributed by atoms with Gasteiger partial charge >= 0.3 is 0 Å². The molecule has 2 aliphatic rings. The van der Waals surface area contributed by atoms with Crippen LogP contribution in [0.15, 0.2) is 18.2 Å². The Morgan fingerprint density at radius 1 is 1.35 bits per heavy atom. The van der Waals surface area contributed by atoms with Crippen molar-refractivity contribution in [3.05, 3.63) is 24.0 Å². The summed E-state index contributed by atoms with van der Waals surface area (Å²) in [5.74, 6) is -0.00763. The lowest BCUT2D eigenvalue weighted by Crippen LogP contribution is -2.32. The summed E-state index contributed by atoms with van der Waals surface area (Å²) >= 11 is 0. The first kappa shape index (κ1) is 10.8. The molecule has 1 aromatic rings. The molecule has 92 valence electrons. The molecule has 4 nitrogen and oxygen atoms in total. The molecule has 3 rings (SSSR count). The summed E-state index contributed by atoms with van der Waals surface area (Å²) in [6, 6.07) is 4.09. The highest BCUT2D eigenvalue weighted by Crippen LogP contribution is 2.31. The molecule has 3 unspecified atom stereocenters. The van der Waals surface area contributed by atoms with E-state index in [2.05, 4.69) is 0 Å². The van der Waals surface area contributed by atoms with Gasteiger partial charge in [0.05, 0.1) is 18.4 Å². The second-order valence-electron chi connectivity index (χ2n) is 4.33. The monoisotopic (exact) mass is 239 g/mol. The topological polar surface area (TPSA) is 53.7 Å². The number of anilines is 1. The fourth-order valence-electron chi connectivity index (χ4n) is 2.30. The summed E-state index contributed by atoms with van der Waals surface area (Å²) in [7, 11) is 0. The van der Waals surface area contributed by atoms with Gasteiger partial charge in [-0.3, -0.25) is 0 Å². The molecular formula is C12H14FNO3. The molecule has 0 saturated carbocycles. The second-order valence-corrected chi connectivity index (χ2v) is 4.33. The van der Waals surface area contributed by atoms with Gasteiger partial charge in [0.1, 0.15) is 17.7 Å². The van der Waals surface area contributed by atoms with E-state index in [0.717, 1.165) is 6.42 Å². The minimum atomic E-state index is -0.364. The van der Waals surface area contributed by atoms with Crippen LogP contribution in [-0.4, -0.2) is 31.5 Å². The van der Waals surface area contributed by atoms with E-state index < -0.39 is 0 Å². The zero-order valence-electron chi connectivity index (χ0n) is 9.27. The number of halogens is 1. The molecule has 2 fully saturated rings. The number of benzene rings is 1. The maximum absolute atomic E-state index is 13.1. The van der Waals surface area contributed by atoms with E-state index >= 15 is 0 Å². The highest BCUT2D eigenvalue weighted by molar-refractivity contribution is 5.52. The second kappa shape index (κ2) is 4.16. The molecule has 2 heterocycles. The van der Waals surface area contributed by atoms with E-state index in [0.29, 0.717) is 24.7 Å². The number of nitrogens with two attached hydrogens (primary N) is 1. The zero-order chi connectivity index (χ0) is 11.8. The van der Waals surface area contributed by atoms with Crippen LogP contribution in [0.4, 0.5) is 10.1 Å². The van der Waals surface area contributed by atoms with Gasteiger partial charge in [0.25, 0.3) is 0 Å². The van der Waals surface area contributed by atoms with E-state index in [4.69, 9.17) is 19.9 Å². The van der Waals surface area contributed by atoms with Crippen LogP contribution >= 0.6 is 0 Å². The van der Waals surface area contributed by atoms with Gasteiger partial charge in [0.15, 0.2) is 6.10 Å². The van der Waals surface area contributed by atoms with Gasteiger partial charge in [-0.25, -0.2) is 4.39 Å². The van der Waals surface area contributed by atoms with Crippen LogP contribution in [0, 0.1) is 5.82 Å². The van der Waals surface area contributed by atoms with Gasteiger partial charge in [-0.05, 0) is 18.6 Å². The molecule has 2 saturated heterocycles. The Labute approximate surface area is 98.5 Å². The third-order valence-corrected chi connectivity index (χ3v) is 3.17. The maximum atomic E-state index is 13.1. The van der Waals surface area contributed by atoms with Crippen LogP contribution < -0.4 is 10.5 Å². The van der Waals surface area contributed by atoms with Crippen molar-refractivity contribution in [2.45, 2.75) is 24.7 Å². The molecule has 17 heavy (non-hydrogen) atoms. The van der Waals surface area contributed by atoms with Crippen molar-refractivity contribution < 1.29 is 18.6 Å². The Morgan fingerprint density at radius 3 is 3.12 bits per heavy atom. The predicted molar refractivity (Wildman–Crippen MR) is 59.3 cm³/mol. The van der Waals surface area contributed by atoms with Crippen LogP contribution in [0.1, 0.15) is 6.42 Å². The smallest absolute Gasteiger partial charge is 0.151 e. The van der Waals surface area contributed by atoms with Crippen molar-refractivity contribution in [1.29, 1.82) is 0 Å². The summed E-state index contributed by atoms with van der Waals surface area (Å²) in [5, 5.41) is 0. The van der Waals surface area contributed by atoms with Crippen LogP contribution in [-0.2, 0) is 9.47 Å². The Kier molecular flexibility index (Phi) is 2.64. The fraction of sp³-hybridized carbons (Fsp3) is 0.500. The number of ether oxygens (including phenoxy) is 3. The lowest BCUT2D eigenvalue weighted by atomic mass is 10.1. The average Bonchev–Trinajstić information content (AvgIpc) is 2.88. The van der Waals surface area contributed by atoms with Crippen LogP contribution in [0.3, 0.4) is 0 Å². The summed E-state index contributed by atoms with van der Waals surface area (Å²) in [6.45, 7) is 1.15. The Bertz CT molecular complexity index is 426. The predicted octanol–water partition coefficient (Wildman–Crippen LogP) is 1.34. The van der Waals surface area contributed by atoms with Crippen molar-refractivity contribution in [2.75, 3.05) is 18.9 Å². The Hall–Kier alpha value is -1.33. The average molecular weight is 239 g/mol. The summed E-state index contributed by atoms with van der Waals surface area (Å²) < 4.78 is 29.9. The number of nitrogen functional groups attached to an aromatic ring is 1. The lowest BCUT2D eigenvalue weighted by molar-refractivity contribution is 0.0310. The van der Waals surface area contributed by atoms with E-state index in [1.54, 1.807) is 0 Å². The summed E-state index contributed by atoms with van der Waals surface area (Å²) in [4.78, 5) is 0. The Balaban J connectivity index is 1.76. The Morgan fingerprint density at radius 2 is 2.24 bits per heavy atom. The first-order valence-electron chi connectivity index (χ1n) is 5.69. The number of hydrogen-bond donors (Lipinski definition) is 1. The molecular weight excluding hydrogens is 225 g/mol. The summed E-state index contributed by atoms with van der Waals surface area (Å²) in [5.41, 5.74) is 6.16. The molecule has 0 aromatic heterocycles. The first-order valence-corrected chi connectivity index (χ1v) is 5.69. The molecule has 3 atom stereocenters. The van der Waals surface area contributed by atoms with E-state index in [9.17, 15) is 4.39 Å². The first-order chi connectivity index (χ1) is 8.24. The van der Waals surface area contributed by atoms with Crippen molar-refractivity contribution in [2.24, 2.45) is 0 Å². The van der Waals surface area contributed by atoms with Crippen molar-refractivity contribution >= 4 is 5.69 Å².